The molecule has 3 rings (SSSR count). The Morgan fingerprint density at radius 2 is 1.79 bits per heavy atom. The summed E-state index contributed by atoms with van der Waals surface area (Å²) in [5.41, 5.74) is 3.14. The van der Waals surface area contributed by atoms with Crippen molar-refractivity contribution in [3.8, 4) is 11.5 Å². The zero-order chi connectivity index (χ0) is 23.8. The fourth-order valence-corrected chi connectivity index (χ4v) is 3.79. The lowest BCUT2D eigenvalue weighted by molar-refractivity contribution is -0.136. The molecule has 0 aliphatic heterocycles. The van der Waals surface area contributed by atoms with Crippen molar-refractivity contribution >= 4 is 27.7 Å². The van der Waals surface area contributed by atoms with E-state index in [0.29, 0.717) is 36.3 Å². The molecule has 3 aromatic rings. The number of hydrogen-bond acceptors (Lipinski definition) is 4. The van der Waals surface area contributed by atoms with Crippen LogP contribution in [0.3, 0.4) is 0 Å². The Morgan fingerprint density at radius 3 is 2.48 bits per heavy atom. The summed E-state index contributed by atoms with van der Waals surface area (Å²) < 4.78 is 12.8. The summed E-state index contributed by atoms with van der Waals surface area (Å²) in [6.45, 7) is 4.35. The fourth-order valence-electron chi connectivity index (χ4n) is 3.43. The molecule has 0 amide bonds. The number of benzene rings is 3. The number of carbonyl (C=O) groups is 2. The number of ketones is 1. The van der Waals surface area contributed by atoms with Gasteiger partial charge in [-0.15, -0.1) is 0 Å². The van der Waals surface area contributed by atoms with Gasteiger partial charge in [0, 0.05) is 22.9 Å². The van der Waals surface area contributed by atoms with Gasteiger partial charge < -0.3 is 14.6 Å². The molecule has 172 valence electrons. The quantitative estimate of drug-likeness (QED) is 0.309. The van der Waals surface area contributed by atoms with Crippen molar-refractivity contribution in [1.82, 2.24) is 0 Å². The summed E-state index contributed by atoms with van der Waals surface area (Å²) >= 11 is 3.44. The van der Waals surface area contributed by atoms with E-state index in [9.17, 15) is 9.59 Å². The maximum Gasteiger partial charge on any atom is 0.303 e. The van der Waals surface area contributed by atoms with Gasteiger partial charge in [0.1, 0.15) is 11.5 Å². The Morgan fingerprint density at radius 1 is 1.03 bits per heavy atom. The van der Waals surface area contributed by atoms with Crippen molar-refractivity contribution in [2.45, 2.75) is 39.2 Å². The molecule has 0 aromatic heterocycles. The highest BCUT2D eigenvalue weighted by Crippen LogP contribution is 2.27. The summed E-state index contributed by atoms with van der Waals surface area (Å²) in [6.07, 6.45) is 1.09. The molecule has 0 aliphatic rings. The molecule has 3 aromatic carbocycles. The van der Waals surface area contributed by atoms with E-state index in [0.717, 1.165) is 21.3 Å². The zero-order valence-electron chi connectivity index (χ0n) is 18.7. The van der Waals surface area contributed by atoms with Gasteiger partial charge in [-0.05, 0) is 61.7 Å². The van der Waals surface area contributed by atoms with Crippen LogP contribution < -0.4 is 9.47 Å². The van der Waals surface area contributed by atoms with E-state index in [-0.39, 0.29) is 18.3 Å². The number of carboxylic acid groups (broad SMARTS) is 1. The van der Waals surface area contributed by atoms with Crippen molar-refractivity contribution in [1.29, 1.82) is 0 Å². The third kappa shape index (κ3) is 7.19. The molecule has 0 fully saturated rings. The van der Waals surface area contributed by atoms with Gasteiger partial charge in [0.15, 0.2) is 5.78 Å². The summed E-state index contributed by atoms with van der Waals surface area (Å²) in [6, 6.07) is 20.3. The van der Waals surface area contributed by atoms with Gasteiger partial charge >= 0.3 is 5.97 Å². The van der Waals surface area contributed by atoms with Crippen molar-refractivity contribution in [3.63, 3.8) is 0 Å². The minimum atomic E-state index is -0.803. The van der Waals surface area contributed by atoms with E-state index in [4.69, 9.17) is 14.6 Å². The van der Waals surface area contributed by atoms with E-state index in [1.165, 1.54) is 0 Å². The van der Waals surface area contributed by atoms with Gasteiger partial charge in [-0.25, -0.2) is 0 Å². The zero-order valence-corrected chi connectivity index (χ0v) is 20.3. The Balaban J connectivity index is 1.58. The number of ether oxygens (including phenoxy) is 2. The normalized spacial score (nSPS) is 11.6. The van der Waals surface area contributed by atoms with Gasteiger partial charge in [0.05, 0.1) is 18.3 Å². The molecule has 0 bridgehead atoms. The number of aryl methyl sites for hydroxylation is 2. The SMILES string of the molecule is Cc1cc(OCCC(C)Oc2ccc(Br)cc2C(=O)c2ccccc2)ccc1CCC(=O)O. The van der Waals surface area contributed by atoms with Gasteiger partial charge in [0.25, 0.3) is 0 Å². The van der Waals surface area contributed by atoms with E-state index >= 15 is 0 Å². The third-order valence-electron chi connectivity index (χ3n) is 5.27. The number of halogens is 1. The molecule has 5 nitrogen and oxygen atoms in total. The second-order valence-corrected chi connectivity index (χ2v) is 8.80. The first-order valence-electron chi connectivity index (χ1n) is 10.8. The van der Waals surface area contributed by atoms with Crippen LogP contribution in [0.25, 0.3) is 0 Å². The number of carboxylic acids is 1. The van der Waals surface area contributed by atoms with Crippen molar-refractivity contribution in [2.24, 2.45) is 0 Å². The van der Waals surface area contributed by atoms with Crippen molar-refractivity contribution in [2.75, 3.05) is 6.61 Å². The number of carbonyl (C=O) groups excluding carboxylic acids is 1. The topological polar surface area (TPSA) is 72.8 Å². The molecule has 0 spiro atoms. The number of aliphatic carboxylic acids is 1. The first kappa shape index (κ1) is 24.5. The molecular formula is C27H27BrO5. The highest BCUT2D eigenvalue weighted by molar-refractivity contribution is 9.10. The molecule has 0 saturated carbocycles. The molecule has 1 unspecified atom stereocenters. The van der Waals surface area contributed by atoms with Gasteiger partial charge in [-0.2, -0.15) is 0 Å². The summed E-state index contributed by atoms with van der Waals surface area (Å²) in [5, 5.41) is 8.86. The van der Waals surface area contributed by atoms with Crippen LogP contribution >= 0.6 is 15.9 Å². The Kier molecular flexibility index (Phi) is 8.66. The van der Waals surface area contributed by atoms with E-state index in [1.807, 2.05) is 56.3 Å². The predicted octanol–water partition coefficient (Wildman–Crippen LogP) is 6.24. The Labute approximate surface area is 202 Å². The van der Waals surface area contributed by atoms with E-state index < -0.39 is 5.97 Å². The highest BCUT2D eigenvalue weighted by Gasteiger charge is 2.17. The smallest absolute Gasteiger partial charge is 0.303 e. The maximum atomic E-state index is 13.0. The van der Waals surface area contributed by atoms with Crippen molar-refractivity contribution in [3.05, 3.63) is 93.5 Å². The van der Waals surface area contributed by atoms with Gasteiger partial charge in [-0.3, -0.25) is 9.59 Å². The molecular weight excluding hydrogens is 484 g/mol. The minimum absolute atomic E-state index is 0.0891. The average Bonchev–Trinajstić information content (AvgIpc) is 2.79. The molecule has 33 heavy (non-hydrogen) atoms. The van der Waals surface area contributed by atoms with Crippen LogP contribution in [0.4, 0.5) is 0 Å². The van der Waals surface area contributed by atoms with Crippen LogP contribution in [0.5, 0.6) is 11.5 Å². The standard InChI is InChI=1S/C27H27BrO5/c1-18-16-23(11-8-20(18)9-13-26(29)30)32-15-14-19(2)33-25-12-10-22(28)17-24(25)27(31)21-6-4-3-5-7-21/h3-8,10-12,16-17,19H,9,13-15H2,1-2H3,(H,29,30). The van der Waals surface area contributed by atoms with Crippen LogP contribution in [-0.2, 0) is 11.2 Å². The van der Waals surface area contributed by atoms with E-state index in [2.05, 4.69) is 15.9 Å². The van der Waals surface area contributed by atoms with E-state index in [1.54, 1.807) is 24.3 Å². The van der Waals surface area contributed by atoms with Crippen LogP contribution in [-0.4, -0.2) is 29.6 Å². The largest absolute Gasteiger partial charge is 0.493 e. The lowest BCUT2D eigenvalue weighted by atomic mass is 10.0. The number of rotatable bonds is 11. The lowest BCUT2D eigenvalue weighted by Crippen LogP contribution is -2.17. The molecule has 0 radical (unpaired) electrons. The average molecular weight is 511 g/mol. The van der Waals surface area contributed by atoms with Gasteiger partial charge in [-0.1, -0.05) is 52.3 Å². The Hall–Kier alpha value is -3.12. The molecule has 0 heterocycles. The molecule has 1 atom stereocenters. The second kappa shape index (κ2) is 11.7. The third-order valence-corrected chi connectivity index (χ3v) is 5.76. The Bertz CT molecular complexity index is 1110. The molecule has 0 aliphatic carbocycles. The van der Waals surface area contributed by atoms with Crippen LogP contribution in [0.15, 0.2) is 71.2 Å². The van der Waals surface area contributed by atoms with Crippen LogP contribution in [0, 0.1) is 6.92 Å². The first-order valence-corrected chi connectivity index (χ1v) is 11.6. The van der Waals surface area contributed by atoms with Crippen LogP contribution in [0.2, 0.25) is 0 Å². The summed E-state index contributed by atoms with van der Waals surface area (Å²) in [5.74, 6) is 0.387. The predicted molar refractivity (Wildman–Crippen MR) is 131 cm³/mol. The monoisotopic (exact) mass is 510 g/mol. The fraction of sp³-hybridized carbons (Fsp3) is 0.259. The first-order chi connectivity index (χ1) is 15.8. The van der Waals surface area contributed by atoms with Crippen molar-refractivity contribution < 1.29 is 24.2 Å². The molecule has 1 N–H and O–H groups in total. The maximum absolute atomic E-state index is 13.0. The summed E-state index contributed by atoms with van der Waals surface area (Å²) in [4.78, 5) is 23.8. The summed E-state index contributed by atoms with van der Waals surface area (Å²) in [7, 11) is 0. The molecule has 6 heteroatoms. The second-order valence-electron chi connectivity index (χ2n) is 7.88. The molecule has 0 saturated heterocycles. The highest BCUT2D eigenvalue weighted by atomic mass is 79.9. The minimum Gasteiger partial charge on any atom is -0.493 e. The van der Waals surface area contributed by atoms with Gasteiger partial charge in [0.2, 0.25) is 0 Å². The lowest BCUT2D eigenvalue weighted by Gasteiger charge is -2.18. The van der Waals surface area contributed by atoms with Crippen LogP contribution in [0.1, 0.15) is 46.8 Å². The number of hydrogen-bond donors (Lipinski definition) is 1.